The Bertz CT molecular complexity index is 807. The predicted octanol–water partition coefficient (Wildman–Crippen LogP) is 6.12. The molecule has 7 heteroatoms. The molecular weight excluding hydrogens is 401 g/mol. The number of hydrogen-bond donors (Lipinski definition) is 2. The summed E-state index contributed by atoms with van der Waals surface area (Å²) >= 11 is 0. The van der Waals surface area contributed by atoms with Crippen LogP contribution in [0.2, 0.25) is 0 Å². The van der Waals surface area contributed by atoms with Crippen LogP contribution in [0.1, 0.15) is 41.0 Å². The Morgan fingerprint density at radius 3 is 2.32 bits per heavy atom. The number of aliphatic imine (C=N–C) groups is 1. The summed E-state index contributed by atoms with van der Waals surface area (Å²) in [5, 5.41) is 3.28. The second-order valence-electron chi connectivity index (χ2n) is 6.60. The Hall–Kier alpha value is -2.96. The lowest BCUT2D eigenvalue weighted by atomic mass is 10.0. The van der Waals surface area contributed by atoms with Crippen molar-refractivity contribution >= 4 is 6.21 Å². The maximum absolute atomic E-state index is 12.9. The topological polar surface area (TPSA) is 53.7 Å². The molecular formula is C24H35F3N4. The molecule has 3 N–H and O–H groups in total. The molecule has 0 spiro atoms. The van der Waals surface area contributed by atoms with E-state index < -0.39 is 11.7 Å². The first kappa shape index (κ1) is 28.0. The van der Waals surface area contributed by atoms with Crippen molar-refractivity contribution in [2.75, 3.05) is 13.6 Å². The van der Waals surface area contributed by atoms with Crippen molar-refractivity contribution in [1.82, 2.24) is 10.2 Å². The van der Waals surface area contributed by atoms with Gasteiger partial charge in [0.05, 0.1) is 11.4 Å². The SMILES string of the molecule is C=C(/C=C(\C=C/C)CNC(=C\CC)/C(=C\C)C(=C(/C)N=CC)/N(C)/C=C/N)C(F)(F)F. The van der Waals surface area contributed by atoms with Gasteiger partial charge in [0, 0.05) is 49.1 Å². The van der Waals surface area contributed by atoms with Gasteiger partial charge in [-0.1, -0.05) is 37.8 Å². The molecule has 31 heavy (non-hydrogen) atoms. The summed E-state index contributed by atoms with van der Waals surface area (Å²) in [6, 6.07) is 0. The molecule has 0 rings (SSSR count). The molecule has 0 aromatic heterocycles. The van der Waals surface area contributed by atoms with E-state index in [0.717, 1.165) is 35.2 Å². The van der Waals surface area contributed by atoms with E-state index in [4.69, 9.17) is 5.73 Å². The van der Waals surface area contributed by atoms with Crippen molar-refractivity contribution in [3.63, 3.8) is 0 Å². The minimum atomic E-state index is -4.47. The number of halogens is 3. The van der Waals surface area contributed by atoms with Gasteiger partial charge in [-0.2, -0.15) is 13.2 Å². The fourth-order valence-electron chi connectivity index (χ4n) is 2.87. The molecule has 0 bridgehead atoms. The summed E-state index contributed by atoms with van der Waals surface area (Å²) < 4.78 is 38.8. The third kappa shape index (κ3) is 9.59. The highest BCUT2D eigenvalue weighted by Crippen LogP contribution is 2.27. The van der Waals surface area contributed by atoms with Crippen LogP contribution in [0.5, 0.6) is 0 Å². The number of likely N-dealkylation sites (N-methyl/N-ethyl adjacent to an activating group) is 1. The van der Waals surface area contributed by atoms with Crippen LogP contribution in [0.3, 0.4) is 0 Å². The molecule has 0 fully saturated rings. The number of nitrogens with two attached hydrogens (primary N) is 1. The van der Waals surface area contributed by atoms with E-state index in [1.165, 1.54) is 6.20 Å². The summed E-state index contributed by atoms with van der Waals surface area (Å²) in [4.78, 5) is 6.27. The molecule has 0 aliphatic rings. The lowest BCUT2D eigenvalue weighted by Gasteiger charge is -2.25. The molecule has 172 valence electrons. The van der Waals surface area contributed by atoms with Crippen molar-refractivity contribution in [2.45, 2.75) is 47.2 Å². The summed E-state index contributed by atoms with van der Waals surface area (Å²) in [6.45, 7) is 12.7. The maximum atomic E-state index is 12.9. The number of nitrogens with zero attached hydrogens (tertiary/aromatic N) is 2. The number of rotatable bonds is 11. The molecule has 0 saturated heterocycles. The first-order chi connectivity index (χ1) is 14.6. The summed E-state index contributed by atoms with van der Waals surface area (Å²) in [5.74, 6) is 0. The molecule has 0 saturated carbocycles. The van der Waals surface area contributed by atoms with Gasteiger partial charge in [0.25, 0.3) is 0 Å². The molecule has 0 radical (unpaired) electrons. The average Bonchev–Trinajstić information content (AvgIpc) is 2.68. The van der Waals surface area contributed by atoms with E-state index in [-0.39, 0.29) is 6.54 Å². The second-order valence-corrected chi connectivity index (χ2v) is 6.60. The average molecular weight is 437 g/mol. The molecule has 0 aromatic rings. The van der Waals surface area contributed by atoms with Crippen LogP contribution in [0.25, 0.3) is 0 Å². The number of allylic oxidation sites excluding steroid dienone is 6. The monoisotopic (exact) mass is 436 g/mol. The summed E-state index contributed by atoms with van der Waals surface area (Å²) in [5.41, 5.74) is 8.40. The van der Waals surface area contributed by atoms with Crippen LogP contribution in [0.15, 0.2) is 88.2 Å². The van der Waals surface area contributed by atoms with Gasteiger partial charge >= 0.3 is 6.18 Å². The van der Waals surface area contributed by atoms with Crippen LogP contribution in [-0.4, -0.2) is 30.9 Å². The molecule has 0 aliphatic carbocycles. The van der Waals surface area contributed by atoms with E-state index in [9.17, 15) is 13.2 Å². The second kappa shape index (κ2) is 14.1. The van der Waals surface area contributed by atoms with Crippen LogP contribution in [-0.2, 0) is 0 Å². The van der Waals surface area contributed by atoms with E-state index >= 15 is 0 Å². The Labute approximate surface area is 184 Å². The molecule has 0 aliphatic heterocycles. The Balaban J connectivity index is 6.19. The maximum Gasteiger partial charge on any atom is 0.415 e. The van der Waals surface area contributed by atoms with E-state index in [1.54, 1.807) is 31.5 Å². The standard InChI is InChI=1S/C24H35F3N4/c1-8-12-20(16-18(5)24(25,26)27)17-30-22(13-9-2)21(10-3)23(19(6)29-11-4)31(7)15-14-28/h8,10-16,30H,5,9,17,28H2,1-4,6-7H3/b12-8-,15-14+,20-16+,21-10+,22-13-,23-19+,29-11?. The Kier molecular flexibility index (Phi) is 12.8. The minimum Gasteiger partial charge on any atom is -0.403 e. The van der Waals surface area contributed by atoms with Gasteiger partial charge in [-0.05, 0) is 45.8 Å². The fraction of sp³-hybridized carbons (Fsp3) is 0.375. The zero-order chi connectivity index (χ0) is 24.0. The van der Waals surface area contributed by atoms with Crippen molar-refractivity contribution < 1.29 is 13.2 Å². The number of nitrogens with one attached hydrogen (secondary N) is 1. The number of hydrogen-bond acceptors (Lipinski definition) is 4. The first-order valence-electron chi connectivity index (χ1n) is 10.1. The highest BCUT2D eigenvalue weighted by atomic mass is 19.4. The highest BCUT2D eigenvalue weighted by Gasteiger charge is 2.30. The number of alkyl halides is 3. The smallest absolute Gasteiger partial charge is 0.403 e. The van der Waals surface area contributed by atoms with Gasteiger partial charge in [0.2, 0.25) is 0 Å². The first-order valence-corrected chi connectivity index (χ1v) is 10.1. The Morgan fingerprint density at radius 2 is 1.87 bits per heavy atom. The predicted molar refractivity (Wildman–Crippen MR) is 126 cm³/mol. The zero-order valence-corrected chi connectivity index (χ0v) is 19.3. The third-order valence-corrected chi connectivity index (χ3v) is 4.16. The van der Waals surface area contributed by atoms with Crippen LogP contribution in [0.4, 0.5) is 13.2 Å². The quantitative estimate of drug-likeness (QED) is 0.303. The van der Waals surface area contributed by atoms with Crippen molar-refractivity contribution in [3.05, 3.63) is 83.2 Å². The van der Waals surface area contributed by atoms with Crippen molar-refractivity contribution in [3.8, 4) is 0 Å². The minimum absolute atomic E-state index is 0.197. The van der Waals surface area contributed by atoms with Gasteiger partial charge in [-0.25, -0.2) is 0 Å². The molecule has 0 heterocycles. The van der Waals surface area contributed by atoms with E-state index in [0.29, 0.717) is 5.57 Å². The van der Waals surface area contributed by atoms with Gasteiger partial charge in [0.1, 0.15) is 0 Å². The molecule has 0 amide bonds. The van der Waals surface area contributed by atoms with E-state index in [2.05, 4.69) is 16.9 Å². The molecule has 4 nitrogen and oxygen atoms in total. The van der Waals surface area contributed by atoms with E-state index in [1.807, 2.05) is 51.8 Å². The van der Waals surface area contributed by atoms with Gasteiger partial charge in [-0.3, -0.25) is 4.99 Å². The molecule has 0 aromatic carbocycles. The normalized spacial score (nSPS) is 15.2. The van der Waals surface area contributed by atoms with Crippen LogP contribution in [0, 0.1) is 0 Å². The Morgan fingerprint density at radius 1 is 1.23 bits per heavy atom. The van der Waals surface area contributed by atoms with Crippen LogP contribution < -0.4 is 11.1 Å². The molecule has 0 atom stereocenters. The van der Waals surface area contributed by atoms with Crippen LogP contribution >= 0.6 is 0 Å². The molecule has 0 unspecified atom stereocenters. The van der Waals surface area contributed by atoms with Crippen molar-refractivity contribution in [2.24, 2.45) is 10.7 Å². The highest BCUT2D eigenvalue weighted by molar-refractivity contribution is 5.57. The largest absolute Gasteiger partial charge is 0.415 e. The van der Waals surface area contributed by atoms with Gasteiger partial charge in [-0.15, -0.1) is 0 Å². The van der Waals surface area contributed by atoms with Gasteiger partial charge in [0.15, 0.2) is 0 Å². The zero-order valence-electron chi connectivity index (χ0n) is 19.3. The van der Waals surface area contributed by atoms with Gasteiger partial charge < -0.3 is 16.0 Å². The fourth-order valence-corrected chi connectivity index (χ4v) is 2.87. The lowest BCUT2D eigenvalue weighted by Crippen LogP contribution is -2.23. The van der Waals surface area contributed by atoms with Crippen molar-refractivity contribution in [1.29, 1.82) is 0 Å². The third-order valence-electron chi connectivity index (χ3n) is 4.16. The lowest BCUT2D eigenvalue weighted by molar-refractivity contribution is -0.0878. The summed E-state index contributed by atoms with van der Waals surface area (Å²) in [7, 11) is 1.86. The summed E-state index contributed by atoms with van der Waals surface area (Å²) in [6.07, 6.45) is 9.43.